The highest BCUT2D eigenvalue weighted by Crippen LogP contribution is 2.43. The van der Waals surface area contributed by atoms with Crippen molar-refractivity contribution in [3.63, 3.8) is 0 Å². The molecular formula is C32H33F4N5O2. The van der Waals surface area contributed by atoms with Crippen LogP contribution in [-0.2, 0) is 6.42 Å². The molecule has 0 amide bonds. The number of hydrogen-bond donors (Lipinski definition) is 2. The number of aromatic nitrogens is 2. The molecule has 11 heteroatoms. The van der Waals surface area contributed by atoms with Crippen LogP contribution in [0.15, 0.2) is 30.3 Å². The van der Waals surface area contributed by atoms with E-state index in [2.05, 4.69) is 20.2 Å². The number of hydrogen-bond acceptors (Lipinski definition) is 7. The molecule has 0 aliphatic carbocycles. The summed E-state index contributed by atoms with van der Waals surface area (Å²) in [5.41, 5.74) is -0.218. The lowest BCUT2D eigenvalue weighted by molar-refractivity contribution is 0.188. The van der Waals surface area contributed by atoms with Gasteiger partial charge >= 0.3 is 6.01 Å². The fourth-order valence-electron chi connectivity index (χ4n) is 7.21. The molecule has 3 aliphatic heterocycles. The van der Waals surface area contributed by atoms with Crippen LogP contribution < -0.4 is 15.0 Å². The van der Waals surface area contributed by atoms with Crippen molar-refractivity contribution < 1.29 is 27.4 Å². The zero-order chi connectivity index (χ0) is 30.0. The second-order valence-electron chi connectivity index (χ2n) is 11.9. The molecule has 4 aromatic rings. The molecule has 7 nitrogen and oxygen atoms in total. The molecule has 0 spiro atoms. The number of benzene rings is 3. The van der Waals surface area contributed by atoms with Gasteiger partial charge in [-0.2, -0.15) is 9.97 Å². The Balaban J connectivity index is 1.43. The Kier molecular flexibility index (Phi) is 7.04. The van der Waals surface area contributed by atoms with Gasteiger partial charge in [0.1, 0.15) is 41.5 Å². The first-order valence-corrected chi connectivity index (χ1v) is 14.8. The van der Waals surface area contributed by atoms with Crippen LogP contribution in [0.2, 0.25) is 0 Å². The van der Waals surface area contributed by atoms with E-state index in [1.54, 1.807) is 6.92 Å². The quantitative estimate of drug-likeness (QED) is 0.286. The summed E-state index contributed by atoms with van der Waals surface area (Å²) in [5, 5.41) is 14.9. The molecule has 226 valence electrons. The number of nitrogens with zero attached hydrogens (tertiary/aromatic N) is 4. The summed E-state index contributed by atoms with van der Waals surface area (Å²) in [4.78, 5) is 13.1. The maximum absolute atomic E-state index is 16.8. The minimum atomic E-state index is -0.957. The lowest BCUT2D eigenvalue weighted by Gasteiger charge is -2.37. The maximum atomic E-state index is 16.8. The van der Waals surface area contributed by atoms with E-state index >= 15 is 8.78 Å². The zero-order valence-corrected chi connectivity index (χ0v) is 24.0. The first-order chi connectivity index (χ1) is 20.7. The Labute approximate surface area is 246 Å². The number of rotatable bonds is 6. The molecule has 3 fully saturated rings. The number of phenolic OH excluding ortho intramolecular Hbond substituents is 1. The monoisotopic (exact) mass is 595 g/mol. The highest BCUT2D eigenvalue weighted by molar-refractivity contribution is 6.03. The van der Waals surface area contributed by atoms with E-state index in [9.17, 15) is 13.9 Å². The van der Waals surface area contributed by atoms with Crippen LogP contribution in [0.3, 0.4) is 0 Å². The lowest BCUT2D eigenvalue weighted by Crippen LogP contribution is -2.52. The number of nitrogens with one attached hydrogen (secondary N) is 1. The largest absolute Gasteiger partial charge is 0.508 e. The summed E-state index contributed by atoms with van der Waals surface area (Å²) in [7, 11) is 1.82. The van der Waals surface area contributed by atoms with Crippen molar-refractivity contribution in [3.05, 3.63) is 53.3 Å². The van der Waals surface area contributed by atoms with Crippen molar-refractivity contribution in [2.45, 2.75) is 56.9 Å². The fourth-order valence-corrected chi connectivity index (χ4v) is 7.21. The number of phenols is 1. The molecule has 4 heterocycles. The summed E-state index contributed by atoms with van der Waals surface area (Å²) >= 11 is 0. The summed E-state index contributed by atoms with van der Waals surface area (Å²) in [5.74, 6) is -2.13. The number of ether oxygens (including phenoxy) is 1. The van der Waals surface area contributed by atoms with E-state index < -0.39 is 29.2 Å². The van der Waals surface area contributed by atoms with Gasteiger partial charge in [0.2, 0.25) is 0 Å². The minimum Gasteiger partial charge on any atom is -0.508 e. The van der Waals surface area contributed by atoms with Crippen molar-refractivity contribution >= 4 is 27.5 Å². The van der Waals surface area contributed by atoms with Crippen molar-refractivity contribution in [2.75, 3.05) is 38.2 Å². The molecular weight excluding hydrogens is 562 g/mol. The number of halogens is 4. The third-order valence-corrected chi connectivity index (χ3v) is 9.28. The molecule has 0 radical (unpaired) electrons. The Morgan fingerprint density at radius 1 is 1.05 bits per heavy atom. The Hall–Kier alpha value is -3.70. The Morgan fingerprint density at radius 2 is 1.81 bits per heavy atom. The van der Waals surface area contributed by atoms with Gasteiger partial charge in [0.05, 0.1) is 5.56 Å². The summed E-state index contributed by atoms with van der Waals surface area (Å²) < 4.78 is 67.8. The standard InChI is InChI=1S/C32H33F4N5O2/c1-3-22-25(34)7-4-16-8-21(42)10-23(27(16)22)28-26(35)11-24-30(29(28)36)38-32(43-15-20-9-17(33)14-40(20)2)39-31(24)41-18-5-6-19(41)13-37-12-18/h4,7-8,10-11,17-20,37,42H,3,5-6,9,12-15H2,1-2H3/t17-,18-,19+,20+/m1/s1. The minimum absolute atomic E-state index is 0.0368. The van der Waals surface area contributed by atoms with Gasteiger partial charge in [-0.3, -0.25) is 4.90 Å². The average Bonchev–Trinajstić information content (AvgIpc) is 3.43. The third-order valence-electron chi connectivity index (χ3n) is 9.28. The summed E-state index contributed by atoms with van der Waals surface area (Å²) in [6.07, 6.45) is 1.45. The molecule has 3 aromatic carbocycles. The van der Waals surface area contributed by atoms with Crippen molar-refractivity contribution in [1.29, 1.82) is 0 Å². The number of alkyl halides is 1. The number of likely N-dealkylation sites (N-methyl/N-ethyl adjacent to an activating group) is 1. The number of fused-ring (bicyclic) bond motifs is 4. The number of likely N-dealkylation sites (tertiary alicyclic amines) is 1. The lowest BCUT2D eigenvalue weighted by atomic mass is 9.91. The van der Waals surface area contributed by atoms with Gasteiger partial charge in [-0.25, -0.2) is 17.6 Å². The maximum Gasteiger partial charge on any atom is 0.319 e. The number of aryl methyl sites for hydroxylation is 1. The Bertz CT molecular complexity index is 1720. The van der Waals surface area contributed by atoms with Crippen LogP contribution in [0.25, 0.3) is 32.8 Å². The molecule has 0 saturated carbocycles. The molecule has 2 bridgehead atoms. The predicted molar refractivity (Wildman–Crippen MR) is 157 cm³/mol. The molecule has 1 aromatic heterocycles. The molecule has 43 heavy (non-hydrogen) atoms. The van der Waals surface area contributed by atoms with Crippen LogP contribution in [0.1, 0.15) is 31.7 Å². The van der Waals surface area contributed by atoms with E-state index in [-0.39, 0.29) is 59.4 Å². The summed E-state index contributed by atoms with van der Waals surface area (Å²) in [6, 6.07) is 6.62. The highest BCUT2D eigenvalue weighted by Gasteiger charge is 2.39. The molecule has 3 saturated heterocycles. The van der Waals surface area contributed by atoms with Crippen LogP contribution in [0.5, 0.6) is 11.8 Å². The van der Waals surface area contributed by atoms with Crippen molar-refractivity contribution in [3.8, 4) is 22.9 Å². The number of aromatic hydroxyl groups is 1. The molecule has 7 rings (SSSR count). The van der Waals surface area contributed by atoms with Crippen molar-refractivity contribution in [1.82, 2.24) is 20.2 Å². The predicted octanol–water partition coefficient (Wildman–Crippen LogP) is 5.50. The van der Waals surface area contributed by atoms with Gasteiger partial charge in [0.15, 0.2) is 5.82 Å². The second-order valence-corrected chi connectivity index (χ2v) is 11.9. The van der Waals surface area contributed by atoms with Crippen LogP contribution >= 0.6 is 0 Å². The molecule has 0 unspecified atom stereocenters. The number of piperazine rings is 1. The van der Waals surface area contributed by atoms with Gasteiger partial charge in [0.25, 0.3) is 0 Å². The van der Waals surface area contributed by atoms with Crippen molar-refractivity contribution in [2.24, 2.45) is 0 Å². The third kappa shape index (κ3) is 4.73. The van der Waals surface area contributed by atoms with Crippen LogP contribution in [0.4, 0.5) is 23.4 Å². The van der Waals surface area contributed by atoms with Gasteiger partial charge in [-0.15, -0.1) is 0 Å². The van der Waals surface area contributed by atoms with E-state index in [0.29, 0.717) is 48.2 Å². The summed E-state index contributed by atoms with van der Waals surface area (Å²) in [6.45, 7) is 3.61. The van der Waals surface area contributed by atoms with Gasteiger partial charge < -0.3 is 20.1 Å². The van der Waals surface area contributed by atoms with E-state index in [4.69, 9.17) is 4.74 Å². The van der Waals surface area contributed by atoms with Gasteiger partial charge in [-0.05, 0) is 78.9 Å². The first-order valence-electron chi connectivity index (χ1n) is 14.8. The Morgan fingerprint density at radius 3 is 2.51 bits per heavy atom. The second kappa shape index (κ2) is 10.8. The normalized spacial score (nSPS) is 24.0. The number of anilines is 1. The van der Waals surface area contributed by atoms with Gasteiger partial charge in [0, 0.05) is 43.1 Å². The smallest absolute Gasteiger partial charge is 0.319 e. The topological polar surface area (TPSA) is 73.8 Å². The van der Waals surface area contributed by atoms with Crippen LogP contribution in [0, 0.1) is 17.5 Å². The highest BCUT2D eigenvalue weighted by atomic mass is 19.1. The molecule has 2 N–H and O–H groups in total. The van der Waals surface area contributed by atoms with Crippen LogP contribution in [-0.4, -0.2) is 77.6 Å². The molecule has 4 atom stereocenters. The average molecular weight is 596 g/mol. The SMILES string of the molecule is CCc1c(F)ccc2cc(O)cc(-c3c(F)cc4c(N5[C@@H]6CC[C@H]5CNC6)nc(OC[C@@H]5C[C@@H](F)CN5C)nc4c3F)c12. The van der Waals surface area contributed by atoms with Gasteiger partial charge in [-0.1, -0.05) is 13.0 Å². The zero-order valence-electron chi connectivity index (χ0n) is 24.0. The van der Waals surface area contributed by atoms with E-state index in [0.717, 1.165) is 12.8 Å². The molecule has 3 aliphatic rings. The van der Waals surface area contributed by atoms with E-state index in [1.165, 1.54) is 30.3 Å². The van der Waals surface area contributed by atoms with E-state index in [1.807, 2.05) is 11.9 Å². The first kappa shape index (κ1) is 28.1. The fraction of sp³-hybridized carbons (Fsp3) is 0.438.